The Labute approximate surface area is 87.0 Å². The molecule has 1 amide bonds. The number of hydrogen-bond acceptors (Lipinski definition) is 3. The van der Waals surface area contributed by atoms with Gasteiger partial charge in [0.25, 0.3) is 11.6 Å². The number of nitrogens with one attached hydrogen (secondary N) is 1. The van der Waals surface area contributed by atoms with Crippen LogP contribution < -0.4 is 5.32 Å². The molecule has 0 radical (unpaired) electrons. The predicted molar refractivity (Wildman–Crippen MR) is 54.7 cm³/mol. The Morgan fingerprint density at radius 2 is 2.33 bits per heavy atom. The lowest BCUT2D eigenvalue weighted by atomic mass is 10.3. The van der Waals surface area contributed by atoms with Gasteiger partial charge in [-0.1, -0.05) is 6.92 Å². The number of nitrogens with zero attached hydrogens (tertiary/aromatic N) is 2. The van der Waals surface area contributed by atoms with Gasteiger partial charge < -0.3 is 9.88 Å². The third-order valence-electron chi connectivity index (χ3n) is 1.97. The first-order chi connectivity index (χ1) is 7.06. The molecule has 0 spiro atoms. The second-order valence-corrected chi connectivity index (χ2v) is 3.21. The number of aromatic nitrogens is 1. The van der Waals surface area contributed by atoms with E-state index in [9.17, 15) is 14.9 Å². The average Bonchev–Trinajstić information content (AvgIpc) is 2.57. The zero-order chi connectivity index (χ0) is 11.4. The van der Waals surface area contributed by atoms with Crippen LogP contribution in [0.5, 0.6) is 0 Å². The fraction of sp³-hybridized carbons (Fsp3) is 0.444. The second-order valence-electron chi connectivity index (χ2n) is 3.21. The number of nitro groups is 1. The Morgan fingerprint density at radius 3 is 2.80 bits per heavy atom. The fourth-order valence-corrected chi connectivity index (χ4v) is 1.20. The summed E-state index contributed by atoms with van der Waals surface area (Å²) in [6, 6.07) is 1.27. The molecule has 0 aliphatic carbocycles. The molecule has 1 aromatic heterocycles. The van der Waals surface area contributed by atoms with Crippen molar-refractivity contribution in [2.45, 2.75) is 13.3 Å². The van der Waals surface area contributed by atoms with Crippen molar-refractivity contribution in [3.05, 3.63) is 28.1 Å². The van der Waals surface area contributed by atoms with Gasteiger partial charge >= 0.3 is 0 Å². The second kappa shape index (κ2) is 4.59. The van der Waals surface area contributed by atoms with Gasteiger partial charge in [0.05, 0.1) is 11.1 Å². The van der Waals surface area contributed by atoms with E-state index in [1.165, 1.54) is 16.8 Å². The van der Waals surface area contributed by atoms with Crippen LogP contribution >= 0.6 is 0 Å². The summed E-state index contributed by atoms with van der Waals surface area (Å²) in [6.07, 6.45) is 2.15. The van der Waals surface area contributed by atoms with Crippen LogP contribution in [0.1, 0.15) is 23.8 Å². The van der Waals surface area contributed by atoms with Crippen molar-refractivity contribution in [1.82, 2.24) is 9.88 Å². The van der Waals surface area contributed by atoms with E-state index >= 15 is 0 Å². The Morgan fingerprint density at radius 1 is 1.67 bits per heavy atom. The van der Waals surface area contributed by atoms with Gasteiger partial charge in [0.1, 0.15) is 5.69 Å². The molecule has 1 rings (SSSR count). The van der Waals surface area contributed by atoms with Crippen molar-refractivity contribution >= 4 is 11.6 Å². The van der Waals surface area contributed by atoms with Gasteiger partial charge in [-0.15, -0.1) is 0 Å². The Bertz CT molecular complexity index is 384. The summed E-state index contributed by atoms with van der Waals surface area (Å²) in [4.78, 5) is 21.5. The lowest BCUT2D eigenvalue weighted by Crippen LogP contribution is -2.25. The molecular formula is C9H13N3O3. The molecule has 0 saturated carbocycles. The van der Waals surface area contributed by atoms with E-state index < -0.39 is 4.92 Å². The molecule has 15 heavy (non-hydrogen) atoms. The molecule has 0 fully saturated rings. The number of carbonyl (C=O) groups is 1. The van der Waals surface area contributed by atoms with E-state index in [1.807, 2.05) is 6.92 Å². The predicted octanol–water partition coefficient (Wildman–Crippen LogP) is 1.07. The standard InChI is InChI=1S/C9H13N3O3/c1-3-4-10-9(13)8-5-7(12(14)15)6-11(8)2/h5-6H,3-4H2,1-2H3,(H,10,13). The monoisotopic (exact) mass is 211 g/mol. The maximum absolute atomic E-state index is 11.5. The van der Waals surface area contributed by atoms with Crippen molar-refractivity contribution in [3.8, 4) is 0 Å². The van der Waals surface area contributed by atoms with Gasteiger partial charge in [0.2, 0.25) is 0 Å². The van der Waals surface area contributed by atoms with Crippen molar-refractivity contribution in [2.75, 3.05) is 6.54 Å². The third-order valence-corrected chi connectivity index (χ3v) is 1.97. The van der Waals surface area contributed by atoms with Gasteiger partial charge in [0.15, 0.2) is 0 Å². The Balaban J connectivity index is 2.85. The SMILES string of the molecule is CCCNC(=O)c1cc([N+](=O)[O-])cn1C. The quantitative estimate of drug-likeness (QED) is 0.597. The molecule has 0 aliphatic rings. The van der Waals surface area contributed by atoms with E-state index in [0.29, 0.717) is 12.2 Å². The van der Waals surface area contributed by atoms with Gasteiger partial charge in [0, 0.05) is 19.7 Å². The maximum atomic E-state index is 11.5. The Kier molecular flexibility index (Phi) is 3.43. The summed E-state index contributed by atoms with van der Waals surface area (Å²) in [5, 5.41) is 13.1. The molecule has 0 atom stereocenters. The summed E-state index contributed by atoms with van der Waals surface area (Å²) in [7, 11) is 1.61. The summed E-state index contributed by atoms with van der Waals surface area (Å²) in [5.74, 6) is -0.285. The van der Waals surface area contributed by atoms with E-state index in [1.54, 1.807) is 7.05 Å². The molecule has 6 nitrogen and oxygen atoms in total. The first kappa shape index (κ1) is 11.2. The number of hydrogen-bond donors (Lipinski definition) is 1. The van der Waals surface area contributed by atoms with Crippen molar-refractivity contribution in [1.29, 1.82) is 0 Å². The van der Waals surface area contributed by atoms with E-state index in [4.69, 9.17) is 0 Å². The van der Waals surface area contributed by atoms with Crippen LogP contribution in [0.15, 0.2) is 12.3 Å². The van der Waals surface area contributed by atoms with Gasteiger partial charge in [-0.3, -0.25) is 14.9 Å². The van der Waals surface area contributed by atoms with Crippen molar-refractivity contribution < 1.29 is 9.72 Å². The first-order valence-electron chi connectivity index (χ1n) is 4.65. The normalized spacial score (nSPS) is 10.0. The lowest BCUT2D eigenvalue weighted by Gasteiger charge is -2.02. The maximum Gasteiger partial charge on any atom is 0.287 e. The highest BCUT2D eigenvalue weighted by Crippen LogP contribution is 2.14. The smallest absolute Gasteiger partial charge is 0.287 e. The molecule has 0 unspecified atom stereocenters. The number of rotatable bonds is 4. The van der Waals surface area contributed by atoms with Crippen LogP contribution in [0, 0.1) is 10.1 Å². The van der Waals surface area contributed by atoms with E-state index in [0.717, 1.165) is 6.42 Å². The van der Waals surface area contributed by atoms with Crippen LogP contribution in [0.2, 0.25) is 0 Å². The lowest BCUT2D eigenvalue weighted by molar-refractivity contribution is -0.384. The van der Waals surface area contributed by atoms with Gasteiger partial charge in [-0.2, -0.15) is 0 Å². The van der Waals surface area contributed by atoms with Gasteiger partial charge in [-0.25, -0.2) is 0 Å². The number of carbonyl (C=O) groups excluding carboxylic acids is 1. The topological polar surface area (TPSA) is 77.2 Å². The van der Waals surface area contributed by atoms with E-state index in [-0.39, 0.29) is 11.6 Å². The molecule has 0 aliphatic heterocycles. The minimum absolute atomic E-state index is 0.0702. The van der Waals surface area contributed by atoms with Gasteiger partial charge in [-0.05, 0) is 6.42 Å². The minimum atomic E-state index is -0.517. The van der Waals surface area contributed by atoms with Crippen LogP contribution in [0.4, 0.5) is 5.69 Å². The van der Waals surface area contributed by atoms with Crippen LogP contribution in [0.3, 0.4) is 0 Å². The molecular weight excluding hydrogens is 198 g/mol. The Hall–Kier alpha value is -1.85. The summed E-state index contributed by atoms with van der Waals surface area (Å²) < 4.78 is 1.45. The number of aryl methyl sites for hydroxylation is 1. The van der Waals surface area contributed by atoms with Crippen LogP contribution in [-0.2, 0) is 7.05 Å². The highest BCUT2D eigenvalue weighted by atomic mass is 16.6. The summed E-state index contributed by atoms with van der Waals surface area (Å²) in [5.41, 5.74) is 0.231. The molecule has 1 heterocycles. The van der Waals surface area contributed by atoms with Crippen molar-refractivity contribution in [2.24, 2.45) is 7.05 Å². The highest BCUT2D eigenvalue weighted by Gasteiger charge is 2.16. The summed E-state index contributed by atoms with van der Waals surface area (Å²) >= 11 is 0. The summed E-state index contributed by atoms with van der Waals surface area (Å²) in [6.45, 7) is 2.51. The molecule has 0 saturated heterocycles. The highest BCUT2D eigenvalue weighted by molar-refractivity contribution is 5.93. The third kappa shape index (κ3) is 2.55. The molecule has 1 N–H and O–H groups in total. The van der Waals surface area contributed by atoms with Crippen LogP contribution in [-0.4, -0.2) is 21.9 Å². The molecule has 82 valence electrons. The van der Waals surface area contributed by atoms with Crippen molar-refractivity contribution in [3.63, 3.8) is 0 Å². The molecule has 6 heteroatoms. The number of amides is 1. The first-order valence-corrected chi connectivity index (χ1v) is 4.65. The molecule has 0 aromatic carbocycles. The minimum Gasteiger partial charge on any atom is -0.351 e. The fourth-order valence-electron chi connectivity index (χ4n) is 1.20. The zero-order valence-corrected chi connectivity index (χ0v) is 8.69. The molecule has 0 bridgehead atoms. The average molecular weight is 211 g/mol. The zero-order valence-electron chi connectivity index (χ0n) is 8.69. The van der Waals surface area contributed by atoms with E-state index in [2.05, 4.69) is 5.32 Å². The largest absolute Gasteiger partial charge is 0.351 e. The molecule has 1 aromatic rings. The van der Waals surface area contributed by atoms with Crippen LogP contribution in [0.25, 0.3) is 0 Å².